The third-order valence-corrected chi connectivity index (χ3v) is 4.28. The van der Waals surface area contributed by atoms with Crippen molar-refractivity contribution < 1.29 is 4.74 Å². The number of hydrogen-bond donors (Lipinski definition) is 1. The van der Waals surface area contributed by atoms with Crippen LogP contribution in [0.1, 0.15) is 25.3 Å². The van der Waals surface area contributed by atoms with Crippen LogP contribution in [0, 0.1) is 0 Å². The first-order valence-corrected chi connectivity index (χ1v) is 7.30. The predicted molar refractivity (Wildman–Crippen MR) is 73.5 cm³/mol. The van der Waals surface area contributed by atoms with Crippen molar-refractivity contribution in [1.82, 2.24) is 5.32 Å². The minimum atomic E-state index is 0.734. The van der Waals surface area contributed by atoms with Gasteiger partial charge in [-0.25, -0.2) is 0 Å². The summed E-state index contributed by atoms with van der Waals surface area (Å²) in [6.07, 6.45) is 2.37. The molecular formula is C14H21NOS. The number of ether oxygens (including phenoxy) is 1. The summed E-state index contributed by atoms with van der Waals surface area (Å²) in [6.45, 7) is 5.99. The second-order valence-electron chi connectivity index (χ2n) is 4.36. The van der Waals surface area contributed by atoms with E-state index in [1.807, 2.05) is 11.8 Å². The van der Waals surface area contributed by atoms with Crippen LogP contribution in [0.25, 0.3) is 0 Å². The highest BCUT2D eigenvalue weighted by Crippen LogP contribution is 2.30. The Morgan fingerprint density at radius 2 is 2.18 bits per heavy atom. The van der Waals surface area contributed by atoms with Gasteiger partial charge >= 0.3 is 0 Å². The molecule has 0 aromatic heterocycles. The quantitative estimate of drug-likeness (QED) is 0.869. The molecule has 1 aromatic rings. The van der Waals surface area contributed by atoms with Crippen LogP contribution in [-0.4, -0.2) is 25.0 Å². The lowest BCUT2D eigenvalue weighted by atomic mass is 10.2. The van der Waals surface area contributed by atoms with E-state index >= 15 is 0 Å². The Bertz CT molecular complexity index is 337. The molecule has 0 bridgehead atoms. The number of benzene rings is 1. The molecule has 0 spiro atoms. The largest absolute Gasteiger partial charge is 0.381 e. The van der Waals surface area contributed by atoms with E-state index in [1.54, 1.807) is 0 Å². The fraction of sp³-hybridized carbons (Fsp3) is 0.571. The maximum Gasteiger partial charge on any atom is 0.0476 e. The van der Waals surface area contributed by atoms with Gasteiger partial charge in [0.2, 0.25) is 0 Å². The lowest BCUT2D eigenvalue weighted by Gasteiger charge is -2.21. The minimum Gasteiger partial charge on any atom is -0.381 e. The summed E-state index contributed by atoms with van der Waals surface area (Å²) in [5.74, 6) is 0. The molecule has 1 saturated heterocycles. The molecule has 0 radical (unpaired) electrons. The second kappa shape index (κ2) is 7.04. The Kier molecular flexibility index (Phi) is 5.36. The summed E-state index contributed by atoms with van der Waals surface area (Å²) in [5, 5.41) is 4.10. The zero-order valence-electron chi connectivity index (χ0n) is 10.4. The van der Waals surface area contributed by atoms with Crippen LogP contribution in [0.4, 0.5) is 0 Å². The molecule has 94 valence electrons. The summed E-state index contributed by atoms with van der Waals surface area (Å²) >= 11 is 2.00. The van der Waals surface area contributed by atoms with Crippen LogP contribution in [0.2, 0.25) is 0 Å². The van der Waals surface area contributed by atoms with E-state index in [0.29, 0.717) is 0 Å². The minimum absolute atomic E-state index is 0.734. The molecule has 17 heavy (non-hydrogen) atoms. The molecule has 1 aliphatic heterocycles. The van der Waals surface area contributed by atoms with Crippen molar-refractivity contribution in [2.75, 3.05) is 19.8 Å². The van der Waals surface area contributed by atoms with Crippen molar-refractivity contribution in [1.29, 1.82) is 0 Å². The Balaban J connectivity index is 1.90. The predicted octanol–water partition coefficient (Wildman–Crippen LogP) is 3.07. The van der Waals surface area contributed by atoms with Crippen LogP contribution in [0.15, 0.2) is 29.2 Å². The van der Waals surface area contributed by atoms with Crippen molar-refractivity contribution in [3.8, 4) is 0 Å². The molecule has 1 aliphatic rings. The highest BCUT2D eigenvalue weighted by molar-refractivity contribution is 8.00. The number of nitrogens with one attached hydrogen (secondary N) is 1. The highest BCUT2D eigenvalue weighted by atomic mass is 32.2. The molecule has 0 aliphatic carbocycles. The first-order chi connectivity index (χ1) is 8.38. The van der Waals surface area contributed by atoms with Gasteiger partial charge in [0.15, 0.2) is 0 Å². The van der Waals surface area contributed by atoms with Gasteiger partial charge in [0.1, 0.15) is 0 Å². The summed E-state index contributed by atoms with van der Waals surface area (Å²) in [4.78, 5) is 1.40. The lowest BCUT2D eigenvalue weighted by molar-refractivity contribution is 0.100. The normalized spacial score (nSPS) is 17.2. The Morgan fingerprint density at radius 3 is 2.94 bits per heavy atom. The standard InChI is InChI=1S/C14H21NOS/c1-2-15-11-12-4-3-5-14(10-12)17-13-6-8-16-9-7-13/h3-5,10,13,15H,2,6-9,11H2,1H3. The Hall–Kier alpha value is -0.510. The van der Waals surface area contributed by atoms with Gasteiger partial charge in [-0.05, 0) is 37.1 Å². The summed E-state index contributed by atoms with van der Waals surface area (Å²) in [6, 6.07) is 8.88. The van der Waals surface area contributed by atoms with Gasteiger partial charge < -0.3 is 10.1 Å². The van der Waals surface area contributed by atoms with E-state index in [0.717, 1.165) is 31.6 Å². The number of hydrogen-bond acceptors (Lipinski definition) is 3. The molecule has 0 amide bonds. The zero-order chi connectivity index (χ0) is 11.9. The molecule has 1 fully saturated rings. The molecule has 0 unspecified atom stereocenters. The first kappa shape index (κ1) is 12.9. The fourth-order valence-electron chi connectivity index (χ4n) is 1.98. The van der Waals surface area contributed by atoms with Gasteiger partial charge in [-0.15, -0.1) is 11.8 Å². The van der Waals surface area contributed by atoms with Crippen LogP contribution >= 0.6 is 11.8 Å². The SMILES string of the molecule is CCNCc1cccc(SC2CCOCC2)c1. The lowest BCUT2D eigenvalue weighted by Crippen LogP contribution is -2.17. The molecular weight excluding hydrogens is 230 g/mol. The molecule has 0 saturated carbocycles. The van der Waals surface area contributed by atoms with Crippen molar-refractivity contribution in [2.24, 2.45) is 0 Å². The number of rotatable bonds is 5. The van der Waals surface area contributed by atoms with Gasteiger partial charge in [-0.2, -0.15) is 0 Å². The second-order valence-corrected chi connectivity index (χ2v) is 5.73. The van der Waals surface area contributed by atoms with Gasteiger partial charge in [-0.3, -0.25) is 0 Å². The topological polar surface area (TPSA) is 21.3 Å². The molecule has 1 N–H and O–H groups in total. The van der Waals surface area contributed by atoms with Crippen molar-refractivity contribution >= 4 is 11.8 Å². The van der Waals surface area contributed by atoms with Crippen molar-refractivity contribution in [3.05, 3.63) is 29.8 Å². The first-order valence-electron chi connectivity index (χ1n) is 6.42. The van der Waals surface area contributed by atoms with Gasteiger partial charge in [-0.1, -0.05) is 19.1 Å². The molecule has 2 nitrogen and oxygen atoms in total. The third kappa shape index (κ3) is 4.34. The fourth-order valence-corrected chi connectivity index (χ4v) is 3.17. The van der Waals surface area contributed by atoms with Crippen molar-refractivity contribution in [2.45, 2.75) is 36.5 Å². The molecule has 2 rings (SSSR count). The maximum atomic E-state index is 5.39. The number of thioether (sulfide) groups is 1. The highest BCUT2D eigenvalue weighted by Gasteiger charge is 2.14. The van der Waals surface area contributed by atoms with Gasteiger partial charge in [0, 0.05) is 29.9 Å². The van der Waals surface area contributed by atoms with Gasteiger partial charge in [0.05, 0.1) is 0 Å². The average Bonchev–Trinajstić information content (AvgIpc) is 2.38. The van der Waals surface area contributed by atoms with E-state index in [1.165, 1.54) is 23.3 Å². The summed E-state index contributed by atoms with van der Waals surface area (Å²) in [7, 11) is 0. The maximum absolute atomic E-state index is 5.39. The Labute approximate surface area is 108 Å². The van der Waals surface area contributed by atoms with E-state index in [4.69, 9.17) is 4.74 Å². The monoisotopic (exact) mass is 251 g/mol. The van der Waals surface area contributed by atoms with Crippen LogP contribution < -0.4 is 5.32 Å². The smallest absolute Gasteiger partial charge is 0.0476 e. The van der Waals surface area contributed by atoms with E-state index in [-0.39, 0.29) is 0 Å². The van der Waals surface area contributed by atoms with Crippen LogP contribution in [0.5, 0.6) is 0 Å². The zero-order valence-corrected chi connectivity index (χ0v) is 11.3. The average molecular weight is 251 g/mol. The van der Waals surface area contributed by atoms with E-state index in [2.05, 4.69) is 36.5 Å². The van der Waals surface area contributed by atoms with Crippen molar-refractivity contribution in [3.63, 3.8) is 0 Å². The van der Waals surface area contributed by atoms with Crippen LogP contribution in [-0.2, 0) is 11.3 Å². The Morgan fingerprint density at radius 1 is 1.35 bits per heavy atom. The molecule has 3 heteroatoms. The summed E-state index contributed by atoms with van der Waals surface area (Å²) in [5.41, 5.74) is 1.38. The summed E-state index contributed by atoms with van der Waals surface area (Å²) < 4.78 is 5.39. The van der Waals surface area contributed by atoms with E-state index in [9.17, 15) is 0 Å². The van der Waals surface area contributed by atoms with E-state index < -0.39 is 0 Å². The molecule has 1 aromatic carbocycles. The third-order valence-electron chi connectivity index (χ3n) is 2.95. The van der Waals surface area contributed by atoms with Crippen LogP contribution in [0.3, 0.4) is 0 Å². The van der Waals surface area contributed by atoms with Gasteiger partial charge in [0.25, 0.3) is 0 Å². The molecule has 0 atom stereocenters. The molecule has 1 heterocycles.